The molecule has 2 aromatic carbocycles. The molecule has 3 rings (SSSR count). The predicted molar refractivity (Wildman–Crippen MR) is 66.7 cm³/mol. The van der Waals surface area contributed by atoms with Gasteiger partial charge in [-0.05, 0) is 0 Å². The fraction of sp³-hybridized carbons (Fsp3) is 0. The summed E-state index contributed by atoms with van der Waals surface area (Å²) in [5.74, 6) is 0. The van der Waals surface area contributed by atoms with Gasteiger partial charge in [-0.15, -0.1) is 0 Å². The van der Waals surface area contributed by atoms with Crippen LogP contribution in [0, 0.1) is 0 Å². The van der Waals surface area contributed by atoms with Crippen molar-refractivity contribution >= 4 is 38.5 Å². The van der Waals surface area contributed by atoms with Gasteiger partial charge in [0.15, 0.2) is 0 Å². The maximum atomic E-state index is 6.46. The van der Waals surface area contributed by atoms with E-state index in [0.29, 0.717) is 0 Å². The molecule has 1 N–H and O–H groups in total. The molecule has 0 saturated carbocycles. The summed E-state index contributed by atoms with van der Waals surface area (Å²) in [7, 11) is 6.46. The summed E-state index contributed by atoms with van der Waals surface area (Å²) >= 11 is -2.06. The number of para-hydroxylation sites is 1. The molecule has 15 heavy (non-hydrogen) atoms. The Labute approximate surface area is 101 Å². The zero-order valence-electron chi connectivity index (χ0n) is 7.91. The quantitative estimate of drug-likeness (QED) is 0.703. The molecular formula is C12H9ClNPo. The Morgan fingerprint density at radius 2 is 1.53 bits per heavy atom. The molecule has 3 heteroatoms. The molecule has 0 bridgehead atoms. The summed E-state index contributed by atoms with van der Waals surface area (Å²) in [5, 5.41) is 0. The maximum absolute atomic E-state index is 6.46. The van der Waals surface area contributed by atoms with Crippen LogP contribution in [-0.2, 0) is 0 Å². The van der Waals surface area contributed by atoms with Gasteiger partial charge in [0.2, 0.25) is 0 Å². The van der Waals surface area contributed by atoms with Crippen molar-refractivity contribution in [2.24, 2.45) is 0 Å². The van der Waals surface area contributed by atoms with Crippen LogP contribution in [-0.4, -0.2) is 21.2 Å². The SMILES string of the molecule is [Cl][Po]1[NH]c2ccccc2-c2cccc[c]21. The number of rotatable bonds is 0. The monoisotopic (exact) mass is 411 g/mol. The Morgan fingerprint density at radius 3 is 2.40 bits per heavy atom. The van der Waals surface area contributed by atoms with Crippen LogP contribution in [0.3, 0.4) is 0 Å². The second-order valence-electron chi connectivity index (χ2n) is 3.40. The summed E-state index contributed by atoms with van der Waals surface area (Å²) < 4.78 is 4.82. The first-order valence-electron chi connectivity index (χ1n) is 4.72. The summed E-state index contributed by atoms with van der Waals surface area (Å²) in [6.07, 6.45) is 0. The number of halogens is 1. The van der Waals surface area contributed by atoms with Gasteiger partial charge in [0.05, 0.1) is 0 Å². The van der Waals surface area contributed by atoms with Crippen molar-refractivity contribution in [3.8, 4) is 11.1 Å². The van der Waals surface area contributed by atoms with Gasteiger partial charge in [-0.1, -0.05) is 0 Å². The Hall–Kier alpha value is -0.574. The van der Waals surface area contributed by atoms with Gasteiger partial charge >= 0.3 is 101 Å². The molecule has 0 atom stereocenters. The first kappa shape index (κ1) is 9.64. The van der Waals surface area contributed by atoms with Gasteiger partial charge in [-0.3, -0.25) is 0 Å². The van der Waals surface area contributed by atoms with E-state index >= 15 is 0 Å². The van der Waals surface area contributed by atoms with Crippen LogP contribution in [0.1, 0.15) is 0 Å². The van der Waals surface area contributed by atoms with E-state index in [2.05, 4.69) is 45.7 Å². The fourth-order valence-electron chi connectivity index (χ4n) is 1.80. The first-order chi connectivity index (χ1) is 7.36. The summed E-state index contributed by atoms with van der Waals surface area (Å²) in [4.78, 5) is 0. The molecule has 0 aromatic heterocycles. The van der Waals surface area contributed by atoms with Crippen molar-refractivity contribution < 1.29 is 0 Å². The van der Waals surface area contributed by atoms with E-state index in [1.54, 1.807) is 0 Å². The van der Waals surface area contributed by atoms with Crippen LogP contribution < -0.4 is 6.44 Å². The molecule has 1 aliphatic rings. The normalized spacial score (nSPS) is 13.9. The molecule has 75 valence electrons. The van der Waals surface area contributed by atoms with Crippen LogP contribution in [0.2, 0.25) is 0 Å². The average Bonchev–Trinajstić information content (AvgIpc) is 2.30. The minimum absolute atomic E-state index is 1.19. The third-order valence-electron chi connectivity index (χ3n) is 2.50. The van der Waals surface area contributed by atoms with Gasteiger partial charge < -0.3 is 0 Å². The van der Waals surface area contributed by atoms with Crippen LogP contribution >= 0.6 is 8.45 Å². The van der Waals surface area contributed by atoms with E-state index in [1.807, 2.05) is 6.07 Å². The van der Waals surface area contributed by atoms with Crippen molar-refractivity contribution in [2.75, 3.05) is 3.22 Å². The number of fused-ring (bicyclic) bond motifs is 3. The summed E-state index contributed by atoms with van der Waals surface area (Å²) in [6.45, 7) is 0. The Balaban J connectivity index is 2.30. The topological polar surface area (TPSA) is 12.0 Å². The van der Waals surface area contributed by atoms with Crippen LogP contribution in [0.5, 0.6) is 0 Å². The summed E-state index contributed by atoms with van der Waals surface area (Å²) in [5.41, 5.74) is 3.78. The van der Waals surface area contributed by atoms with Crippen molar-refractivity contribution in [2.45, 2.75) is 0 Å². The zero-order chi connectivity index (χ0) is 10.3. The van der Waals surface area contributed by atoms with Crippen LogP contribution in [0.4, 0.5) is 5.69 Å². The molecule has 2 aromatic rings. The molecule has 1 aliphatic heterocycles. The van der Waals surface area contributed by atoms with E-state index in [-0.39, 0.29) is 0 Å². The van der Waals surface area contributed by atoms with E-state index in [9.17, 15) is 0 Å². The van der Waals surface area contributed by atoms with Crippen molar-refractivity contribution in [1.29, 1.82) is 0 Å². The van der Waals surface area contributed by atoms with E-state index in [4.69, 9.17) is 8.45 Å². The molecule has 1 radical (unpaired) electrons. The Bertz CT molecular complexity index is 512. The first-order valence-corrected chi connectivity index (χ1v) is 11.8. The molecule has 0 amide bonds. The molecular weight excluding hydrogens is 403 g/mol. The second-order valence-corrected chi connectivity index (χ2v) is 10.6. The van der Waals surface area contributed by atoms with Crippen molar-refractivity contribution in [3.05, 3.63) is 48.5 Å². The number of hydrogen-bond acceptors (Lipinski definition) is 1. The van der Waals surface area contributed by atoms with E-state index in [1.165, 1.54) is 20.0 Å². The third-order valence-corrected chi connectivity index (χ3v) is 9.07. The van der Waals surface area contributed by atoms with Crippen LogP contribution in [0.15, 0.2) is 48.5 Å². The molecule has 0 unspecified atom stereocenters. The average molecular weight is 412 g/mol. The number of benzene rings is 2. The predicted octanol–water partition coefficient (Wildman–Crippen LogP) is 2.71. The molecule has 0 aliphatic carbocycles. The molecule has 1 nitrogen and oxygen atoms in total. The van der Waals surface area contributed by atoms with Crippen LogP contribution in [0.25, 0.3) is 11.1 Å². The van der Waals surface area contributed by atoms with E-state index < -0.39 is 21.2 Å². The molecule has 0 spiro atoms. The fourth-order valence-corrected chi connectivity index (χ4v) is 7.80. The molecule has 0 fully saturated rings. The van der Waals surface area contributed by atoms with Crippen molar-refractivity contribution in [1.82, 2.24) is 0 Å². The zero-order valence-corrected chi connectivity index (χ0v) is 11.8. The van der Waals surface area contributed by atoms with Gasteiger partial charge in [0.1, 0.15) is 0 Å². The Kier molecular flexibility index (Phi) is 2.43. The molecule has 0 saturated heterocycles. The van der Waals surface area contributed by atoms with E-state index in [0.717, 1.165) is 0 Å². The van der Waals surface area contributed by atoms with Gasteiger partial charge in [0.25, 0.3) is 0 Å². The number of nitrogens with one attached hydrogen (secondary N) is 1. The van der Waals surface area contributed by atoms with Crippen molar-refractivity contribution in [3.63, 3.8) is 0 Å². The van der Waals surface area contributed by atoms with Gasteiger partial charge in [-0.2, -0.15) is 0 Å². The number of hydrogen-bond donors (Lipinski definition) is 1. The molecule has 1 heterocycles. The number of anilines is 1. The second kappa shape index (κ2) is 3.78. The third kappa shape index (κ3) is 1.57. The Morgan fingerprint density at radius 1 is 0.867 bits per heavy atom. The van der Waals surface area contributed by atoms with Gasteiger partial charge in [-0.25, -0.2) is 0 Å². The standard InChI is InChI=1S/C12H9N.ClH.Po/c13-12-9-5-4-8-11(12)10-6-2-1-3-7-10;;/h1-6,8-9,13H;1H;/q-1;;+2/p-1. The minimum atomic E-state index is -2.06. The summed E-state index contributed by atoms with van der Waals surface area (Å²) in [6, 6.07) is 16.8. The van der Waals surface area contributed by atoms with Gasteiger partial charge in [0, 0.05) is 0 Å².